The lowest BCUT2D eigenvalue weighted by molar-refractivity contribution is -0.141. The third kappa shape index (κ3) is 4.34. The number of amides is 1. The highest BCUT2D eigenvalue weighted by Crippen LogP contribution is 2.22. The van der Waals surface area contributed by atoms with E-state index in [1.54, 1.807) is 41.9 Å². The zero-order valence-electron chi connectivity index (χ0n) is 12.3. The summed E-state index contributed by atoms with van der Waals surface area (Å²) in [5.74, 6) is -0.596. The molecule has 0 saturated carbocycles. The molecule has 0 aliphatic heterocycles. The maximum absolute atomic E-state index is 12.8. The molecule has 0 saturated heterocycles. The zero-order chi connectivity index (χ0) is 16.3. The Morgan fingerprint density at radius 1 is 1.23 bits per heavy atom. The fourth-order valence-electron chi connectivity index (χ4n) is 2.24. The van der Waals surface area contributed by atoms with E-state index in [0.717, 1.165) is 10.5 Å². The predicted octanol–water partition coefficient (Wildman–Crippen LogP) is 4.57. The number of rotatable bonds is 4. The molecule has 0 atom stereocenters. The first-order valence-electron chi connectivity index (χ1n) is 6.70. The first kappa shape index (κ1) is 16.5. The molecule has 2 nitrogen and oxygen atoms in total. The molecule has 1 aromatic heterocycles. The monoisotopic (exact) mass is 327 g/mol. The van der Waals surface area contributed by atoms with E-state index >= 15 is 0 Å². The number of hydrogen-bond acceptors (Lipinski definition) is 2. The number of carbonyl (C=O) groups excluding carboxylic acids is 1. The Morgan fingerprint density at radius 3 is 2.50 bits per heavy atom. The molecule has 0 aliphatic carbocycles. The van der Waals surface area contributed by atoms with Crippen molar-refractivity contribution < 1.29 is 18.0 Å². The molecular weight excluding hydrogens is 311 g/mol. The van der Waals surface area contributed by atoms with Crippen LogP contribution in [0.1, 0.15) is 27.0 Å². The lowest BCUT2D eigenvalue weighted by Crippen LogP contribution is -2.38. The molecule has 22 heavy (non-hydrogen) atoms. The van der Waals surface area contributed by atoms with Crippen LogP contribution in [-0.4, -0.2) is 23.5 Å². The summed E-state index contributed by atoms with van der Waals surface area (Å²) in [5.41, 5.74) is 2.66. The van der Waals surface area contributed by atoms with Crippen LogP contribution in [0, 0.1) is 13.8 Å². The van der Waals surface area contributed by atoms with Gasteiger partial charge < -0.3 is 4.90 Å². The summed E-state index contributed by atoms with van der Waals surface area (Å²) in [6.07, 6.45) is -4.43. The van der Waals surface area contributed by atoms with Gasteiger partial charge >= 0.3 is 6.18 Å². The number of carbonyl (C=O) groups is 1. The second-order valence-electron chi connectivity index (χ2n) is 5.23. The molecule has 2 aromatic rings. The average molecular weight is 327 g/mol. The van der Waals surface area contributed by atoms with Crippen LogP contribution in [0.4, 0.5) is 13.2 Å². The molecule has 0 spiro atoms. The van der Waals surface area contributed by atoms with E-state index in [2.05, 4.69) is 0 Å². The number of halogens is 3. The zero-order valence-corrected chi connectivity index (χ0v) is 13.1. The van der Waals surface area contributed by atoms with Crippen LogP contribution < -0.4 is 0 Å². The predicted molar refractivity (Wildman–Crippen MR) is 81.0 cm³/mol. The smallest absolute Gasteiger partial charge is 0.325 e. The van der Waals surface area contributed by atoms with Crippen molar-refractivity contribution >= 4 is 17.2 Å². The maximum Gasteiger partial charge on any atom is 0.406 e. The summed E-state index contributed by atoms with van der Waals surface area (Å²) in [7, 11) is 0. The van der Waals surface area contributed by atoms with Crippen LogP contribution in [0.25, 0.3) is 0 Å². The van der Waals surface area contributed by atoms with Crippen LogP contribution >= 0.6 is 11.3 Å². The normalized spacial score (nSPS) is 11.5. The summed E-state index contributed by atoms with van der Waals surface area (Å²) in [6.45, 7) is 2.31. The largest absolute Gasteiger partial charge is 0.406 e. The second-order valence-corrected chi connectivity index (χ2v) is 6.01. The second kappa shape index (κ2) is 6.52. The van der Waals surface area contributed by atoms with Crippen molar-refractivity contribution in [1.82, 2.24) is 4.90 Å². The molecule has 0 radical (unpaired) electrons. The molecule has 0 unspecified atom stereocenters. The number of aryl methyl sites for hydroxylation is 2. The average Bonchev–Trinajstić information content (AvgIpc) is 2.88. The van der Waals surface area contributed by atoms with Crippen molar-refractivity contribution in [2.75, 3.05) is 6.54 Å². The van der Waals surface area contributed by atoms with Gasteiger partial charge in [0.1, 0.15) is 6.54 Å². The Hall–Kier alpha value is -1.82. The Bertz CT molecular complexity index is 650. The molecule has 0 bridgehead atoms. The minimum absolute atomic E-state index is 0.0465. The number of alkyl halides is 3. The molecule has 0 N–H and O–H groups in total. The molecule has 0 fully saturated rings. The Balaban J connectivity index is 2.28. The SMILES string of the molecule is Cc1ccc(C(=O)N(Cc2ccsc2)CC(F)(F)F)c(C)c1. The molecule has 6 heteroatoms. The third-order valence-corrected chi connectivity index (χ3v) is 3.96. The summed E-state index contributed by atoms with van der Waals surface area (Å²) in [5, 5.41) is 3.53. The highest BCUT2D eigenvalue weighted by atomic mass is 32.1. The first-order valence-corrected chi connectivity index (χ1v) is 7.65. The van der Waals surface area contributed by atoms with Crippen molar-refractivity contribution in [1.29, 1.82) is 0 Å². The van der Waals surface area contributed by atoms with E-state index < -0.39 is 18.6 Å². The van der Waals surface area contributed by atoms with Gasteiger partial charge in [0, 0.05) is 12.1 Å². The summed E-state index contributed by atoms with van der Waals surface area (Å²) in [6, 6.07) is 6.84. The molecular formula is C16H16F3NOS. The van der Waals surface area contributed by atoms with E-state index in [9.17, 15) is 18.0 Å². The molecule has 1 heterocycles. The van der Waals surface area contributed by atoms with Crippen molar-refractivity contribution in [2.24, 2.45) is 0 Å². The Kier molecular flexibility index (Phi) is 4.90. The standard InChI is InChI=1S/C16H16F3NOS/c1-11-3-4-14(12(2)7-11)15(21)20(10-16(17,18)19)8-13-5-6-22-9-13/h3-7,9H,8,10H2,1-2H3. The molecule has 1 amide bonds. The van der Waals surface area contributed by atoms with Gasteiger partial charge in [0.25, 0.3) is 5.91 Å². The quantitative estimate of drug-likeness (QED) is 0.805. The van der Waals surface area contributed by atoms with Gasteiger partial charge in [0.2, 0.25) is 0 Å². The summed E-state index contributed by atoms with van der Waals surface area (Å²) < 4.78 is 38.4. The number of benzene rings is 1. The van der Waals surface area contributed by atoms with Crippen LogP contribution in [0.3, 0.4) is 0 Å². The number of hydrogen-bond donors (Lipinski definition) is 0. The first-order chi connectivity index (χ1) is 10.3. The van der Waals surface area contributed by atoms with Gasteiger partial charge in [-0.2, -0.15) is 24.5 Å². The number of nitrogens with zero attached hydrogens (tertiary/aromatic N) is 1. The summed E-state index contributed by atoms with van der Waals surface area (Å²) >= 11 is 1.39. The van der Waals surface area contributed by atoms with Crippen molar-refractivity contribution in [2.45, 2.75) is 26.6 Å². The van der Waals surface area contributed by atoms with Crippen LogP contribution in [-0.2, 0) is 6.54 Å². The van der Waals surface area contributed by atoms with Crippen molar-refractivity contribution in [3.8, 4) is 0 Å². The molecule has 118 valence electrons. The van der Waals surface area contributed by atoms with Crippen molar-refractivity contribution in [3.63, 3.8) is 0 Å². The van der Waals surface area contributed by atoms with Gasteiger partial charge in [-0.05, 0) is 47.9 Å². The topological polar surface area (TPSA) is 20.3 Å². The van der Waals surface area contributed by atoms with Gasteiger partial charge in [0.05, 0.1) is 0 Å². The minimum Gasteiger partial charge on any atom is -0.325 e. The fraction of sp³-hybridized carbons (Fsp3) is 0.312. The summed E-state index contributed by atoms with van der Waals surface area (Å²) in [4.78, 5) is 13.4. The van der Waals surface area contributed by atoms with Gasteiger partial charge in [-0.25, -0.2) is 0 Å². The van der Waals surface area contributed by atoms with Crippen LogP contribution in [0.15, 0.2) is 35.0 Å². The van der Waals surface area contributed by atoms with Gasteiger partial charge in [0.15, 0.2) is 0 Å². The molecule has 0 aliphatic rings. The van der Waals surface area contributed by atoms with Crippen LogP contribution in [0.5, 0.6) is 0 Å². The lowest BCUT2D eigenvalue weighted by atomic mass is 10.0. The fourth-order valence-corrected chi connectivity index (χ4v) is 2.90. The molecule has 1 aromatic carbocycles. The van der Waals surface area contributed by atoms with E-state index in [1.165, 1.54) is 11.3 Å². The van der Waals surface area contributed by atoms with Gasteiger partial charge in [-0.1, -0.05) is 17.7 Å². The Labute approximate surface area is 131 Å². The van der Waals surface area contributed by atoms with E-state index in [-0.39, 0.29) is 6.54 Å². The van der Waals surface area contributed by atoms with E-state index in [1.807, 2.05) is 6.92 Å². The lowest BCUT2D eigenvalue weighted by Gasteiger charge is -2.24. The van der Waals surface area contributed by atoms with E-state index in [0.29, 0.717) is 16.7 Å². The van der Waals surface area contributed by atoms with E-state index in [4.69, 9.17) is 0 Å². The highest BCUT2D eigenvalue weighted by Gasteiger charge is 2.33. The van der Waals surface area contributed by atoms with Gasteiger partial charge in [-0.3, -0.25) is 4.79 Å². The third-order valence-electron chi connectivity index (χ3n) is 3.22. The number of thiophene rings is 1. The maximum atomic E-state index is 12.8. The molecule has 2 rings (SSSR count). The van der Waals surface area contributed by atoms with Crippen molar-refractivity contribution in [3.05, 3.63) is 57.3 Å². The highest BCUT2D eigenvalue weighted by molar-refractivity contribution is 7.07. The minimum atomic E-state index is -4.43. The van der Waals surface area contributed by atoms with Crippen LogP contribution in [0.2, 0.25) is 0 Å². The Morgan fingerprint density at radius 2 is 1.95 bits per heavy atom. The van der Waals surface area contributed by atoms with Gasteiger partial charge in [-0.15, -0.1) is 0 Å².